The number of amides is 6. The van der Waals surface area contributed by atoms with Crippen molar-refractivity contribution in [3.05, 3.63) is 0 Å². The number of carboxylic acid groups (broad SMARTS) is 1. The number of hydrogen-bond acceptors (Lipinski definition) is 7. The van der Waals surface area contributed by atoms with Crippen molar-refractivity contribution < 1.29 is 38.7 Å². The molecular weight excluding hydrogens is 680 g/mol. The van der Waals surface area contributed by atoms with Crippen LogP contribution in [0.1, 0.15) is 132 Å². The molecule has 0 aromatic carbocycles. The van der Waals surface area contributed by atoms with E-state index >= 15 is 0 Å². The first-order valence-corrected chi connectivity index (χ1v) is 19.7. The second-order valence-corrected chi connectivity index (χ2v) is 18.9. The molecule has 14 heteroatoms. The third kappa shape index (κ3) is 7.39. The average Bonchev–Trinajstić information content (AvgIpc) is 3.25. The van der Waals surface area contributed by atoms with Crippen LogP contribution < -0.4 is 27.0 Å². The summed E-state index contributed by atoms with van der Waals surface area (Å²) in [7, 11) is 0. The zero-order valence-corrected chi connectivity index (χ0v) is 32.7. The van der Waals surface area contributed by atoms with Gasteiger partial charge in [0, 0.05) is 12.0 Å². The van der Waals surface area contributed by atoms with Gasteiger partial charge in [0.25, 0.3) is 5.91 Å². The summed E-state index contributed by atoms with van der Waals surface area (Å²) < 4.78 is 0. The standard InChI is InChI=1S/C39H62N6O8/c1-35(2,3)28(43-34(53)42-26(23-15-9-8-10-16-23)31(49)44-36(4,5)33(51)52)32(50)45-21-39(37(6,7)38(39)17-12-18-38)20-25(45)30(48)41-24(27(46)29(40)47)19-22-13-11-14-22/h22-26,28H,8-21H2,1-7H3,(H2,40,47)(H,41,48)(H,44,49)(H,51,52)(H2,42,43,53)/t24?,25-,26-,28+,39+/m0/s1. The fraction of sp³-hybridized carbons (Fsp3) is 0.821. The van der Waals surface area contributed by atoms with Gasteiger partial charge >= 0.3 is 12.0 Å². The van der Waals surface area contributed by atoms with E-state index in [1.54, 1.807) is 4.90 Å². The van der Waals surface area contributed by atoms with E-state index in [2.05, 4.69) is 35.1 Å². The van der Waals surface area contributed by atoms with E-state index in [1.165, 1.54) is 13.8 Å². The fourth-order valence-electron chi connectivity index (χ4n) is 10.2. The van der Waals surface area contributed by atoms with E-state index < -0.39 is 76.5 Å². The molecule has 1 aliphatic heterocycles. The predicted molar refractivity (Wildman–Crippen MR) is 196 cm³/mol. The van der Waals surface area contributed by atoms with Gasteiger partial charge < -0.3 is 37.0 Å². The Morgan fingerprint density at radius 1 is 0.830 bits per heavy atom. The molecular formula is C39H62N6O8. The lowest BCUT2D eigenvalue weighted by atomic mass is 9.73. The zero-order chi connectivity index (χ0) is 39.3. The van der Waals surface area contributed by atoms with E-state index in [4.69, 9.17) is 5.73 Å². The van der Waals surface area contributed by atoms with Gasteiger partial charge in [0.05, 0.1) is 6.04 Å². The number of nitrogens with one attached hydrogen (secondary N) is 4. The summed E-state index contributed by atoms with van der Waals surface area (Å²) >= 11 is 0. The Labute approximate surface area is 313 Å². The second kappa shape index (κ2) is 14.5. The van der Waals surface area contributed by atoms with Gasteiger partial charge in [-0.3, -0.25) is 24.0 Å². The largest absolute Gasteiger partial charge is 0.480 e. The van der Waals surface area contributed by atoms with E-state index in [0.29, 0.717) is 32.2 Å². The van der Waals surface area contributed by atoms with Gasteiger partial charge in [-0.2, -0.15) is 0 Å². The molecule has 53 heavy (non-hydrogen) atoms. The molecule has 1 heterocycles. The quantitative estimate of drug-likeness (QED) is 0.154. The number of rotatable bonds is 13. The van der Waals surface area contributed by atoms with Gasteiger partial charge in [0.15, 0.2) is 0 Å². The molecule has 1 unspecified atom stereocenters. The number of ketones is 1. The molecule has 5 fully saturated rings. The van der Waals surface area contributed by atoms with Gasteiger partial charge in [-0.25, -0.2) is 9.59 Å². The van der Waals surface area contributed by atoms with Crippen molar-refractivity contribution in [3.63, 3.8) is 0 Å². The first-order valence-electron chi connectivity index (χ1n) is 19.7. The van der Waals surface area contributed by atoms with Crippen molar-refractivity contribution in [3.8, 4) is 0 Å². The molecule has 6 amide bonds. The van der Waals surface area contributed by atoms with Crippen LogP contribution in [0.5, 0.6) is 0 Å². The van der Waals surface area contributed by atoms with Gasteiger partial charge in [0.2, 0.25) is 23.5 Å². The highest BCUT2D eigenvalue weighted by atomic mass is 16.4. The number of likely N-dealkylation sites (tertiary alicyclic amines) is 1. The maximum atomic E-state index is 14.8. The van der Waals surface area contributed by atoms with E-state index in [-0.39, 0.29) is 28.1 Å². The fourth-order valence-corrected chi connectivity index (χ4v) is 10.2. The van der Waals surface area contributed by atoms with Gasteiger partial charge in [-0.15, -0.1) is 0 Å². The molecule has 0 aromatic rings. The lowest BCUT2D eigenvalue weighted by molar-refractivity contribution is -0.146. The molecule has 5 atom stereocenters. The minimum absolute atomic E-state index is 0.0196. The molecule has 296 valence electrons. The predicted octanol–water partition coefficient (Wildman–Crippen LogP) is 3.16. The van der Waals surface area contributed by atoms with Crippen molar-refractivity contribution in [2.45, 2.75) is 162 Å². The molecule has 0 aromatic heterocycles. The summed E-state index contributed by atoms with van der Waals surface area (Å²) in [4.78, 5) is 94.9. The molecule has 4 saturated carbocycles. The minimum atomic E-state index is -1.57. The Hall–Kier alpha value is -3.71. The number of nitrogens with zero attached hydrogens (tertiary/aromatic N) is 1. The second-order valence-electron chi connectivity index (χ2n) is 18.9. The van der Waals surface area contributed by atoms with Gasteiger partial charge in [0.1, 0.15) is 23.7 Å². The van der Waals surface area contributed by atoms with Gasteiger partial charge in [-0.1, -0.05) is 79.6 Å². The average molecular weight is 743 g/mol. The van der Waals surface area contributed by atoms with Crippen LogP contribution in [-0.4, -0.2) is 87.7 Å². The molecule has 0 radical (unpaired) electrons. The third-order valence-electron chi connectivity index (χ3n) is 14.1. The normalized spacial score (nSPS) is 26.7. The molecule has 1 saturated heterocycles. The molecule has 5 aliphatic rings. The summed E-state index contributed by atoms with van der Waals surface area (Å²) in [6.45, 7) is 12.9. The lowest BCUT2D eigenvalue weighted by Gasteiger charge is -2.37. The number of carbonyl (C=O) groups excluding carboxylic acids is 6. The van der Waals surface area contributed by atoms with Crippen molar-refractivity contribution in [1.82, 2.24) is 26.2 Å². The molecule has 5 rings (SSSR count). The topological polar surface area (TPSA) is 217 Å². The minimum Gasteiger partial charge on any atom is -0.480 e. The number of hydrogen-bond donors (Lipinski definition) is 6. The number of urea groups is 1. The van der Waals surface area contributed by atoms with E-state index in [1.807, 2.05) is 20.8 Å². The van der Waals surface area contributed by atoms with Crippen LogP contribution in [0.3, 0.4) is 0 Å². The smallest absolute Gasteiger partial charge is 0.328 e. The van der Waals surface area contributed by atoms with Crippen molar-refractivity contribution in [2.24, 2.45) is 39.2 Å². The summed E-state index contributed by atoms with van der Waals surface area (Å²) in [6.07, 6.45) is 10.7. The number of primary amides is 1. The van der Waals surface area contributed by atoms with Crippen LogP contribution in [0.15, 0.2) is 0 Å². The Bertz CT molecular complexity index is 1500. The third-order valence-corrected chi connectivity index (χ3v) is 14.1. The summed E-state index contributed by atoms with van der Waals surface area (Å²) in [6, 6.07) is -4.92. The van der Waals surface area contributed by atoms with Crippen LogP contribution in [-0.2, 0) is 28.8 Å². The monoisotopic (exact) mass is 742 g/mol. The zero-order valence-electron chi connectivity index (χ0n) is 32.7. The first-order chi connectivity index (χ1) is 24.6. The first kappa shape index (κ1) is 40.5. The molecule has 14 nitrogen and oxygen atoms in total. The maximum Gasteiger partial charge on any atom is 0.328 e. The number of carboxylic acids is 1. The summed E-state index contributed by atoms with van der Waals surface area (Å²) in [5, 5.41) is 20.7. The Morgan fingerprint density at radius 2 is 1.45 bits per heavy atom. The molecule has 0 bridgehead atoms. The maximum absolute atomic E-state index is 14.8. The number of carbonyl (C=O) groups is 7. The van der Waals surface area contributed by atoms with E-state index in [9.17, 15) is 38.7 Å². The van der Waals surface area contributed by atoms with Crippen molar-refractivity contribution >= 4 is 41.4 Å². The number of nitrogens with two attached hydrogens (primary N) is 1. The van der Waals surface area contributed by atoms with Crippen molar-refractivity contribution in [2.75, 3.05) is 6.54 Å². The van der Waals surface area contributed by atoms with Gasteiger partial charge in [-0.05, 0) is 80.5 Å². The van der Waals surface area contributed by atoms with Crippen LogP contribution in [0.25, 0.3) is 0 Å². The molecule has 2 spiro atoms. The Morgan fingerprint density at radius 3 is 1.92 bits per heavy atom. The number of Topliss-reactive ketones (excluding diaryl/α,β-unsaturated/α-hetero) is 1. The van der Waals surface area contributed by atoms with Crippen LogP contribution in [0, 0.1) is 33.5 Å². The SMILES string of the molecule is CC(C)(NC(=O)[C@@H](NC(=O)N[C@H](C(=O)N1C[C@]2(C[C@H]1C(=O)NC(CC1CCC1)C(=O)C(N)=O)C(C)(C)C21CCC1)C(C)(C)C)C1CCCCC1)C(=O)O. The Balaban J connectivity index is 1.40. The summed E-state index contributed by atoms with van der Waals surface area (Å²) in [5.41, 5.74) is 2.50. The lowest BCUT2D eigenvalue weighted by Crippen LogP contribution is -2.63. The van der Waals surface area contributed by atoms with Crippen LogP contribution in [0.2, 0.25) is 0 Å². The van der Waals surface area contributed by atoms with Crippen LogP contribution in [0.4, 0.5) is 4.79 Å². The van der Waals surface area contributed by atoms with Crippen molar-refractivity contribution in [1.29, 1.82) is 0 Å². The highest BCUT2D eigenvalue weighted by molar-refractivity contribution is 6.37. The number of fused-ring (bicyclic) bond motifs is 1. The molecule has 4 aliphatic carbocycles. The highest BCUT2D eigenvalue weighted by Gasteiger charge is 2.85. The van der Waals surface area contributed by atoms with E-state index in [0.717, 1.165) is 57.8 Å². The Kier molecular flexibility index (Phi) is 11.1. The summed E-state index contributed by atoms with van der Waals surface area (Å²) in [5.74, 6) is -4.79. The highest BCUT2D eigenvalue weighted by Crippen LogP contribution is 2.88. The van der Waals surface area contributed by atoms with Crippen LogP contribution >= 0.6 is 0 Å². The number of aliphatic carboxylic acids is 1. The molecule has 7 N–H and O–H groups in total.